The van der Waals surface area contributed by atoms with Crippen LogP contribution >= 0.6 is 0 Å². The van der Waals surface area contributed by atoms with Gasteiger partial charge in [0.15, 0.2) is 0 Å². The molecule has 2 amide bonds. The molecule has 1 saturated heterocycles. The van der Waals surface area contributed by atoms with Gasteiger partial charge < -0.3 is 15.5 Å². The fourth-order valence-corrected chi connectivity index (χ4v) is 2.30. The van der Waals surface area contributed by atoms with Gasteiger partial charge in [-0.15, -0.1) is 0 Å². The molecule has 5 heteroatoms. The first-order chi connectivity index (χ1) is 8.58. The Morgan fingerprint density at radius 3 is 2.44 bits per heavy atom. The van der Waals surface area contributed by atoms with Crippen molar-refractivity contribution in [3.05, 3.63) is 0 Å². The van der Waals surface area contributed by atoms with E-state index >= 15 is 0 Å². The molecule has 0 unspecified atom stereocenters. The van der Waals surface area contributed by atoms with Crippen LogP contribution in [0.25, 0.3) is 0 Å². The summed E-state index contributed by atoms with van der Waals surface area (Å²) in [6, 6.07) is 0.131. The third-order valence-electron chi connectivity index (χ3n) is 3.47. The van der Waals surface area contributed by atoms with Crippen LogP contribution in [0, 0.1) is 0 Å². The molecule has 104 valence electrons. The van der Waals surface area contributed by atoms with Gasteiger partial charge in [0.1, 0.15) is 0 Å². The Labute approximate surface area is 109 Å². The van der Waals surface area contributed by atoms with Crippen molar-refractivity contribution in [2.24, 2.45) is 5.73 Å². The van der Waals surface area contributed by atoms with E-state index in [1.807, 2.05) is 18.7 Å². The van der Waals surface area contributed by atoms with Crippen molar-refractivity contribution < 1.29 is 9.59 Å². The second-order valence-corrected chi connectivity index (χ2v) is 4.81. The Hall–Kier alpha value is -1.10. The minimum absolute atomic E-state index is 0.131. The average Bonchev–Trinajstić information content (AvgIpc) is 2.77. The van der Waals surface area contributed by atoms with Gasteiger partial charge in [-0.1, -0.05) is 0 Å². The van der Waals surface area contributed by atoms with Crippen molar-refractivity contribution in [2.75, 3.05) is 26.2 Å². The van der Waals surface area contributed by atoms with Crippen molar-refractivity contribution in [1.29, 1.82) is 0 Å². The van der Waals surface area contributed by atoms with Gasteiger partial charge in [0.05, 0.1) is 0 Å². The van der Waals surface area contributed by atoms with E-state index < -0.39 is 0 Å². The van der Waals surface area contributed by atoms with Gasteiger partial charge in [-0.25, -0.2) is 0 Å². The van der Waals surface area contributed by atoms with Crippen molar-refractivity contribution in [2.45, 2.75) is 45.6 Å². The van der Waals surface area contributed by atoms with Crippen molar-refractivity contribution >= 4 is 11.8 Å². The zero-order valence-electron chi connectivity index (χ0n) is 11.5. The predicted molar refractivity (Wildman–Crippen MR) is 71.0 cm³/mol. The van der Waals surface area contributed by atoms with Crippen LogP contribution in [-0.4, -0.2) is 53.8 Å². The molecular formula is C13H25N3O2. The number of rotatable bonds is 6. The van der Waals surface area contributed by atoms with Crippen LogP contribution in [0.3, 0.4) is 0 Å². The van der Waals surface area contributed by atoms with Gasteiger partial charge in [-0.05, 0) is 26.7 Å². The molecule has 0 aromatic carbocycles. The number of hydrogen-bond donors (Lipinski definition) is 1. The summed E-state index contributed by atoms with van der Waals surface area (Å²) in [6.45, 7) is 6.86. The van der Waals surface area contributed by atoms with Gasteiger partial charge >= 0.3 is 0 Å². The molecule has 0 spiro atoms. The summed E-state index contributed by atoms with van der Waals surface area (Å²) >= 11 is 0. The lowest BCUT2D eigenvalue weighted by Gasteiger charge is -2.19. The largest absolute Gasteiger partial charge is 0.343 e. The van der Waals surface area contributed by atoms with Crippen molar-refractivity contribution in [3.8, 4) is 0 Å². The number of nitrogens with zero attached hydrogens (tertiary/aromatic N) is 2. The van der Waals surface area contributed by atoms with Crippen LogP contribution in [0.4, 0.5) is 0 Å². The van der Waals surface area contributed by atoms with Crippen LogP contribution in [0.5, 0.6) is 0 Å². The molecule has 1 atom stereocenters. The number of likely N-dealkylation sites (tertiary alicyclic amines) is 1. The third kappa shape index (κ3) is 4.29. The highest BCUT2D eigenvalue weighted by Gasteiger charge is 2.23. The van der Waals surface area contributed by atoms with E-state index in [0.717, 1.165) is 26.1 Å². The predicted octanol–water partition coefficient (Wildman–Crippen LogP) is 0.585. The minimum atomic E-state index is 0.131. The molecule has 0 aromatic rings. The van der Waals surface area contributed by atoms with E-state index in [1.54, 1.807) is 4.90 Å². The fourth-order valence-electron chi connectivity index (χ4n) is 2.30. The summed E-state index contributed by atoms with van der Waals surface area (Å²) in [4.78, 5) is 27.2. The number of hydrogen-bond acceptors (Lipinski definition) is 3. The third-order valence-corrected chi connectivity index (χ3v) is 3.47. The molecule has 5 nitrogen and oxygen atoms in total. The molecule has 0 saturated carbocycles. The van der Waals surface area contributed by atoms with Gasteiger partial charge in [0.25, 0.3) is 0 Å². The van der Waals surface area contributed by atoms with E-state index in [0.29, 0.717) is 25.8 Å². The maximum atomic E-state index is 11.8. The molecule has 0 radical (unpaired) electrons. The minimum Gasteiger partial charge on any atom is -0.343 e. The average molecular weight is 255 g/mol. The van der Waals surface area contributed by atoms with Gasteiger partial charge in [0.2, 0.25) is 11.8 Å². The summed E-state index contributed by atoms with van der Waals surface area (Å²) in [7, 11) is 0. The van der Waals surface area contributed by atoms with E-state index in [1.165, 1.54) is 0 Å². The highest BCUT2D eigenvalue weighted by Crippen LogP contribution is 2.10. The first kappa shape index (κ1) is 15.0. The molecule has 1 fully saturated rings. The molecule has 18 heavy (non-hydrogen) atoms. The summed E-state index contributed by atoms with van der Waals surface area (Å²) in [5.74, 6) is 0.279. The molecular weight excluding hydrogens is 230 g/mol. The van der Waals surface area contributed by atoms with Crippen LogP contribution in [0.2, 0.25) is 0 Å². The first-order valence-corrected chi connectivity index (χ1v) is 6.89. The first-order valence-electron chi connectivity index (χ1n) is 6.89. The Balaban J connectivity index is 2.21. The molecule has 2 N–H and O–H groups in total. The Morgan fingerprint density at radius 1 is 1.28 bits per heavy atom. The number of carbonyl (C=O) groups is 2. The van der Waals surface area contributed by atoms with Crippen LogP contribution in [0.15, 0.2) is 0 Å². The summed E-state index contributed by atoms with van der Waals surface area (Å²) in [5.41, 5.74) is 5.76. The van der Waals surface area contributed by atoms with Crippen molar-refractivity contribution in [3.63, 3.8) is 0 Å². The van der Waals surface area contributed by atoms with Crippen molar-refractivity contribution in [1.82, 2.24) is 9.80 Å². The Morgan fingerprint density at radius 2 is 1.94 bits per heavy atom. The number of amides is 2. The molecule has 1 aliphatic heterocycles. The van der Waals surface area contributed by atoms with E-state index in [-0.39, 0.29) is 17.9 Å². The molecule has 1 heterocycles. The van der Waals surface area contributed by atoms with E-state index in [9.17, 15) is 9.59 Å². The number of nitrogens with two attached hydrogens (primary N) is 1. The summed E-state index contributed by atoms with van der Waals surface area (Å²) in [5, 5.41) is 0. The second kappa shape index (κ2) is 7.36. The number of carbonyl (C=O) groups excluding carboxylic acids is 2. The highest BCUT2D eigenvalue weighted by molar-refractivity contribution is 5.79. The highest BCUT2D eigenvalue weighted by atomic mass is 16.2. The molecule has 1 aliphatic rings. The van der Waals surface area contributed by atoms with Crippen LogP contribution in [0.1, 0.15) is 39.5 Å². The fraction of sp³-hybridized carbons (Fsp3) is 0.846. The lowest BCUT2D eigenvalue weighted by molar-refractivity contribution is -0.132. The van der Waals surface area contributed by atoms with Gasteiger partial charge in [0, 0.05) is 45.1 Å². The maximum absolute atomic E-state index is 11.8. The maximum Gasteiger partial charge on any atom is 0.222 e. The Bertz CT molecular complexity index is 290. The summed E-state index contributed by atoms with van der Waals surface area (Å²) < 4.78 is 0. The Kier molecular flexibility index (Phi) is 6.12. The van der Waals surface area contributed by atoms with E-state index in [4.69, 9.17) is 5.73 Å². The lowest BCUT2D eigenvalue weighted by atomic mass is 10.2. The quantitative estimate of drug-likeness (QED) is 0.755. The van der Waals surface area contributed by atoms with E-state index in [2.05, 4.69) is 0 Å². The lowest BCUT2D eigenvalue weighted by Crippen LogP contribution is -2.32. The topological polar surface area (TPSA) is 66.6 Å². The zero-order chi connectivity index (χ0) is 13.5. The molecule has 0 aliphatic carbocycles. The smallest absolute Gasteiger partial charge is 0.222 e. The van der Waals surface area contributed by atoms with Gasteiger partial charge in [-0.2, -0.15) is 0 Å². The molecule has 0 aromatic heterocycles. The normalized spacial score (nSPS) is 19.1. The van der Waals surface area contributed by atoms with Crippen LogP contribution in [-0.2, 0) is 9.59 Å². The summed E-state index contributed by atoms with van der Waals surface area (Å²) in [6.07, 6.45) is 2.46. The van der Waals surface area contributed by atoms with Gasteiger partial charge in [-0.3, -0.25) is 9.59 Å². The zero-order valence-corrected chi connectivity index (χ0v) is 11.5. The molecule has 1 rings (SSSR count). The SMILES string of the molecule is CCN(CC)C(=O)CCCC(=O)N1CC[C@@H](N)C1. The molecule has 0 bridgehead atoms. The standard InChI is InChI=1S/C13H25N3O2/c1-3-15(4-2)12(17)6-5-7-13(18)16-9-8-11(14)10-16/h11H,3-10,14H2,1-2H3/t11-/m1/s1. The monoisotopic (exact) mass is 255 g/mol. The second-order valence-electron chi connectivity index (χ2n) is 4.81. The van der Waals surface area contributed by atoms with Crippen LogP contribution < -0.4 is 5.73 Å².